The maximum Gasteiger partial charge on any atom is 0.119 e. The Morgan fingerprint density at radius 2 is 1.75 bits per heavy atom. The van der Waals surface area contributed by atoms with Gasteiger partial charge in [-0.05, 0) is 51.4 Å². The predicted octanol–water partition coefficient (Wildman–Crippen LogP) is 3.28. The van der Waals surface area contributed by atoms with Gasteiger partial charge in [0.25, 0.3) is 0 Å². The van der Waals surface area contributed by atoms with E-state index < -0.39 is 10.8 Å². The third-order valence-electron chi connectivity index (χ3n) is 3.32. The molecular formula is C16H27NO2S. The molecule has 1 N–H and O–H groups in total. The van der Waals surface area contributed by atoms with E-state index in [4.69, 9.17) is 4.74 Å². The largest absolute Gasteiger partial charge is 0.491 e. The van der Waals surface area contributed by atoms with Gasteiger partial charge in [-0.25, -0.2) is 0 Å². The molecule has 1 aromatic rings. The zero-order valence-corrected chi connectivity index (χ0v) is 14.0. The van der Waals surface area contributed by atoms with Crippen molar-refractivity contribution in [3.63, 3.8) is 0 Å². The Kier molecular flexibility index (Phi) is 7.24. The molecule has 3 atom stereocenters. The number of nitrogens with one attached hydrogen (secondary N) is 1. The molecule has 0 bridgehead atoms. The van der Waals surface area contributed by atoms with Crippen LogP contribution in [0.2, 0.25) is 0 Å². The molecule has 0 aromatic heterocycles. The summed E-state index contributed by atoms with van der Waals surface area (Å²) >= 11 is 0. The van der Waals surface area contributed by atoms with Gasteiger partial charge in [0.1, 0.15) is 5.75 Å². The summed E-state index contributed by atoms with van der Waals surface area (Å²) in [6, 6.07) is 8.50. The minimum absolute atomic E-state index is 0.202. The zero-order chi connectivity index (χ0) is 15.1. The summed E-state index contributed by atoms with van der Waals surface area (Å²) in [5.41, 5.74) is 1.24. The van der Waals surface area contributed by atoms with Gasteiger partial charge in [-0.15, -0.1) is 0 Å². The SMILES string of the molecule is CC(C)Oc1ccc(C(C)NCCC(C)S(C)=O)cc1. The molecule has 0 spiro atoms. The fraction of sp³-hybridized carbons (Fsp3) is 0.625. The van der Waals surface area contributed by atoms with Crippen LogP contribution in [0.5, 0.6) is 5.75 Å². The van der Waals surface area contributed by atoms with Crippen LogP contribution in [0.1, 0.15) is 45.7 Å². The number of rotatable bonds is 8. The highest BCUT2D eigenvalue weighted by Crippen LogP contribution is 2.18. The van der Waals surface area contributed by atoms with Crippen LogP contribution in [0.3, 0.4) is 0 Å². The number of hydrogen-bond donors (Lipinski definition) is 1. The third kappa shape index (κ3) is 6.06. The normalized spacial score (nSPS) is 15.9. The molecule has 0 saturated carbocycles. The molecule has 0 aliphatic heterocycles. The van der Waals surface area contributed by atoms with Gasteiger partial charge in [0, 0.05) is 28.3 Å². The molecule has 0 radical (unpaired) electrons. The summed E-state index contributed by atoms with van der Waals surface area (Å²) in [7, 11) is -0.735. The molecule has 4 heteroatoms. The highest BCUT2D eigenvalue weighted by atomic mass is 32.2. The van der Waals surface area contributed by atoms with Crippen LogP contribution in [0.15, 0.2) is 24.3 Å². The maximum absolute atomic E-state index is 11.3. The lowest BCUT2D eigenvalue weighted by Gasteiger charge is -2.17. The summed E-state index contributed by atoms with van der Waals surface area (Å²) in [6.45, 7) is 9.10. The van der Waals surface area contributed by atoms with Crippen molar-refractivity contribution >= 4 is 10.8 Å². The predicted molar refractivity (Wildman–Crippen MR) is 86.8 cm³/mol. The van der Waals surface area contributed by atoms with Gasteiger partial charge in [0.15, 0.2) is 0 Å². The Balaban J connectivity index is 2.43. The minimum Gasteiger partial charge on any atom is -0.491 e. The first-order valence-electron chi connectivity index (χ1n) is 7.22. The van der Waals surface area contributed by atoms with E-state index in [1.807, 2.05) is 32.9 Å². The van der Waals surface area contributed by atoms with Gasteiger partial charge in [-0.1, -0.05) is 19.1 Å². The van der Waals surface area contributed by atoms with Crippen molar-refractivity contribution in [2.24, 2.45) is 0 Å². The van der Waals surface area contributed by atoms with Crippen molar-refractivity contribution in [2.75, 3.05) is 12.8 Å². The molecule has 0 saturated heterocycles. The lowest BCUT2D eigenvalue weighted by molar-refractivity contribution is 0.242. The highest BCUT2D eigenvalue weighted by molar-refractivity contribution is 7.84. The summed E-state index contributed by atoms with van der Waals surface area (Å²) in [5.74, 6) is 0.908. The smallest absolute Gasteiger partial charge is 0.119 e. The molecule has 3 unspecified atom stereocenters. The van der Waals surface area contributed by atoms with Gasteiger partial charge < -0.3 is 10.1 Å². The second kappa shape index (κ2) is 8.42. The van der Waals surface area contributed by atoms with Gasteiger partial charge in [0.2, 0.25) is 0 Å². The van der Waals surface area contributed by atoms with Crippen LogP contribution in [0, 0.1) is 0 Å². The fourth-order valence-corrected chi connectivity index (χ4v) is 2.34. The molecule has 20 heavy (non-hydrogen) atoms. The summed E-state index contributed by atoms with van der Waals surface area (Å²) in [4.78, 5) is 0. The third-order valence-corrected chi connectivity index (χ3v) is 4.69. The van der Waals surface area contributed by atoms with Crippen molar-refractivity contribution in [3.8, 4) is 5.75 Å². The molecule has 0 heterocycles. The van der Waals surface area contributed by atoms with Crippen LogP contribution in [-0.2, 0) is 10.8 Å². The Morgan fingerprint density at radius 1 is 1.15 bits per heavy atom. The second-order valence-electron chi connectivity index (χ2n) is 5.51. The van der Waals surface area contributed by atoms with E-state index in [2.05, 4.69) is 24.4 Å². The average Bonchev–Trinajstić information content (AvgIpc) is 2.38. The summed E-state index contributed by atoms with van der Waals surface area (Å²) < 4.78 is 16.9. The molecule has 0 amide bonds. The lowest BCUT2D eigenvalue weighted by Crippen LogP contribution is -2.24. The van der Waals surface area contributed by atoms with E-state index in [9.17, 15) is 4.21 Å². The quantitative estimate of drug-likeness (QED) is 0.800. The van der Waals surface area contributed by atoms with Crippen molar-refractivity contribution in [1.29, 1.82) is 0 Å². The second-order valence-corrected chi connectivity index (χ2v) is 7.31. The lowest BCUT2D eigenvalue weighted by atomic mass is 10.1. The zero-order valence-electron chi connectivity index (χ0n) is 13.2. The van der Waals surface area contributed by atoms with E-state index >= 15 is 0 Å². The Bertz CT molecular complexity index is 417. The molecule has 1 aromatic carbocycles. The molecule has 3 nitrogen and oxygen atoms in total. The van der Waals surface area contributed by atoms with E-state index in [0.717, 1.165) is 18.7 Å². The van der Waals surface area contributed by atoms with E-state index in [-0.39, 0.29) is 11.4 Å². The number of hydrogen-bond acceptors (Lipinski definition) is 3. The standard InChI is InChI=1S/C16H27NO2S/c1-12(2)19-16-8-6-15(7-9-16)14(4)17-11-10-13(3)20(5)18/h6-9,12-14,17H,10-11H2,1-5H3. The van der Waals surface area contributed by atoms with E-state index in [1.165, 1.54) is 5.56 Å². The molecule has 0 fully saturated rings. The molecular weight excluding hydrogens is 270 g/mol. The maximum atomic E-state index is 11.3. The van der Waals surface area contributed by atoms with Gasteiger partial charge >= 0.3 is 0 Å². The first-order chi connectivity index (χ1) is 9.40. The fourth-order valence-electron chi connectivity index (χ4n) is 1.89. The van der Waals surface area contributed by atoms with Crippen molar-refractivity contribution in [1.82, 2.24) is 5.32 Å². The first kappa shape index (κ1) is 17.2. The first-order valence-corrected chi connectivity index (χ1v) is 8.84. The van der Waals surface area contributed by atoms with E-state index in [1.54, 1.807) is 6.26 Å². The van der Waals surface area contributed by atoms with Crippen LogP contribution in [0.25, 0.3) is 0 Å². The number of benzene rings is 1. The monoisotopic (exact) mass is 297 g/mol. The highest BCUT2D eigenvalue weighted by Gasteiger charge is 2.08. The summed E-state index contributed by atoms with van der Waals surface area (Å²) in [6.07, 6.45) is 2.90. The minimum atomic E-state index is -0.735. The van der Waals surface area contributed by atoms with Crippen LogP contribution in [0.4, 0.5) is 0 Å². The number of ether oxygens (including phenoxy) is 1. The molecule has 114 valence electrons. The van der Waals surface area contributed by atoms with Gasteiger partial charge in [0.05, 0.1) is 6.10 Å². The van der Waals surface area contributed by atoms with Crippen LogP contribution in [-0.4, -0.2) is 28.4 Å². The average molecular weight is 297 g/mol. The summed E-state index contributed by atoms with van der Waals surface area (Å²) in [5, 5.41) is 3.72. The molecule has 1 rings (SSSR count). The van der Waals surface area contributed by atoms with Crippen LogP contribution < -0.4 is 10.1 Å². The molecule has 0 aliphatic carbocycles. The Labute approximate surface area is 125 Å². The van der Waals surface area contributed by atoms with E-state index in [0.29, 0.717) is 6.04 Å². The van der Waals surface area contributed by atoms with Crippen LogP contribution >= 0.6 is 0 Å². The Morgan fingerprint density at radius 3 is 2.25 bits per heavy atom. The van der Waals surface area contributed by atoms with Crippen molar-refractivity contribution in [2.45, 2.75) is 51.5 Å². The Hall–Kier alpha value is -0.870. The topological polar surface area (TPSA) is 38.3 Å². The van der Waals surface area contributed by atoms with Crippen molar-refractivity contribution < 1.29 is 8.95 Å². The van der Waals surface area contributed by atoms with Gasteiger partial charge in [-0.3, -0.25) is 4.21 Å². The van der Waals surface area contributed by atoms with Gasteiger partial charge in [-0.2, -0.15) is 0 Å². The van der Waals surface area contributed by atoms with Crippen molar-refractivity contribution in [3.05, 3.63) is 29.8 Å². The molecule has 0 aliphatic rings.